The Hall–Kier alpha value is -2.23. The quantitative estimate of drug-likeness (QED) is 0.664. The molecule has 1 N–H and O–H groups in total. The number of hydrogen-bond donors (Lipinski definition) is 1. The fraction of sp³-hybridized carbons (Fsp3) is 0.312. The zero-order valence-corrected chi connectivity index (χ0v) is 12.2. The van der Waals surface area contributed by atoms with Crippen LogP contribution in [-0.2, 0) is 0 Å². The number of nitrogens with one attached hydrogen (secondary N) is 1. The van der Waals surface area contributed by atoms with Gasteiger partial charge in [0, 0.05) is 11.4 Å². The molecule has 0 fully saturated rings. The van der Waals surface area contributed by atoms with Gasteiger partial charge < -0.3 is 0 Å². The normalized spacial score (nSPS) is 11.4. The first kappa shape index (κ1) is 14.2. The molecule has 0 aliphatic heterocycles. The molecule has 0 amide bonds. The molecule has 4 nitrogen and oxygen atoms in total. The van der Waals surface area contributed by atoms with Crippen LogP contribution in [0.15, 0.2) is 41.5 Å². The predicted octanol–water partition coefficient (Wildman–Crippen LogP) is 3.71. The second-order valence-electron chi connectivity index (χ2n) is 4.76. The molecule has 1 heterocycles. The van der Waals surface area contributed by atoms with Gasteiger partial charge in [-0.1, -0.05) is 43.7 Å². The molecule has 0 radical (unpaired) electrons. The van der Waals surface area contributed by atoms with Gasteiger partial charge >= 0.3 is 0 Å². The molecular weight excluding hydrogens is 248 g/mol. The van der Waals surface area contributed by atoms with E-state index in [4.69, 9.17) is 0 Å². The second-order valence-corrected chi connectivity index (χ2v) is 4.76. The summed E-state index contributed by atoms with van der Waals surface area (Å²) in [5, 5.41) is 4.48. The summed E-state index contributed by atoms with van der Waals surface area (Å²) in [4.78, 5) is 8.66. The fourth-order valence-corrected chi connectivity index (χ4v) is 2.03. The van der Waals surface area contributed by atoms with Crippen LogP contribution in [0.1, 0.15) is 36.7 Å². The van der Waals surface area contributed by atoms with Crippen molar-refractivity contribution < 1.29 is 0 Å². The summed E-state index contributed by atoms with van der Waals surface area (Å²) >= 11 is 0. The zero-order chi connectivity index (χ0) is 14.4. The lowest BCUT2D eigenvalue weighted by molar-refractivity contribution is 0.979. The lowest BCUT2D eigenvalue weighted by Gasteiger charge is -2.07. The lowest BCUT2D eigenvalue weighted by atomic mass is 10.1. The Morgan fingerprint density at radius 3 is 2.35 bits per heavy atom. The number of nitrogens with zero attached hydrogens (tertiary/aromatic N) is 3. The first-order valence-corrected chi connectivity index (χ1v) is 6.89. The van der Waals surface area contributed by atoms with Gasteiger partial charge in [-0.05, 0) is 31.9 Å². The number of hydrazone groups is 1. The van der Waals surface area contributed by atoms with Crippen molar-refractivity contribution in [3.05, 3.63) is 53.3 Å². The van der Waals surface area contributed by atoms with Crippen molar-refractivity contribution in [1.82, 2.24) is 9.97 Å². The summed E-state index contributed by atoms with van der Waals surface area (Å²) in [6, 6.07) is 12.1. The maximum Gasteiger partial charge on any atom is 0.243 e. The van der Waals surface area contributed by atoms with Crippen LogP contribution in [0.25, 0.3) is 0 Å². The van der Waals surface area contributed by atoms with Crippen LogP contribution in [0, 0.1) is 13.8 Å². The average molecular weight is 268 g/mol. The number of aromatic nitrogens is 2. The third-order valence-electron chi connectivity index (χ3n) is 2.87. The van der Waals surface area contributed by atoms with Crippen molar-refractivity contribution in [3.63, 3.8) is 0 Å². The maximum atomic E-state index is 4.48. The fourth-order valence-electron chi connectivity index (χ4n) is 2.03. The van der Waals surface area contributed by atoms with Gasteiger partial charge in [0.05, 0.1) is 5.71 Å². The van der Waals surface area contributed by atoms with E-state index in [1.54, 1.807) is 0 Å². The topological polar surface area (TPSA) is 50.2 Å². The van der Waals surface area contributed by atoms with Crippen molar-refractivity contribution in [3.8, 4) is 0 Å². The van der Waals surface area contributed by atoms with Gasteiger partial charge in [-0.3, -0.25) is 0 Å². The summed E-state index contributed by atoms with van der Waals surface area (Å²) in [6.07, 6.45) is 1.96. The summed E-state index contributed by atoms with van der Waals surface area (Å²) in [5.41, 5.74) is 7.00. The molecule has 0 unspecified atom stereocenters. The van der Waals surface area contributed by atoms with Crippen molar-refractivity contribution in [2.45, 2.75) is 33.6 Å². The minimum Gasteiger partial charge on any atom is -0.245 e. The molecule has 0 atom stereocenters. The monoisotopic (exact) mass is 268 g/mol. The Bertz CT molecular complexity index is 570. The highest BCUT2D eigenvalue weighted by atomic mass is 15.4. The van der Waals surface area contributed by atoms with Gasteiger partial charge in [0.25, 0.3) is 0 Å². The molecule has 0 saturated heterocycles. The van der Waals surface area contributed by atoms with Crippen LogP contribution in [0.3, 0.4) is 0 Å². The van der Waals surface area contributed by atoms with E-state index in [9.17, 15) is 0 Å². The molecular formula is C16H20N4. The maximum absolute atomic E-state index is 4.48. The number of benzene rings is 1. The standard InChI is InChI=1S/C16H20N4/c1-4-8-15(14-9-6-5-7-10-14)19-20-16-17-12(2)11-13(3)18-16/h5-7,9-11H,4,8H2,1-3H3,(H,17,18,20)/b19-15+. The van der Waals surface area contributed by atoms with Crippen molar-refractivity contribution >= 4 is 11.7 Å². The summed E-state index contributed by atoms with van der Waals surface area (Å²) in [5.74, 6) is 0.548. The van der Waals surface area contributed by atoms with Crippen molar-refractivity contribution in [2.75, 3.05) is 5.43 Å². The molecule has 0 saturated carbocycles. The zero-order valence-electron chi connectivity index (χ0n) is 12.2. The van der Waals surface area contributed by atoms with Crippen LogP contribution in [0.5, 0.6) is 0 Å². The first-order chi connectivity index (χ1) is 9.69. The molecule has 0 bridgehead atoms. The number of hydrogen-bond acceptors (Lipinski definition) is 4. The number of aryl methyl sites for hydroxylation is 2. The van der Waals surface area contributed by atoms with Crippen LogP contribution < -0.4 is 5.43 Å². The van der Waals surface area contributed by atoms with E-state index < -0.39 is 0 Å². The summed E-state index contributed by atoms with van der Waals surface area (Å²) in [7, 11) is 0. The van der Waals surface area contributed by atoms with Gasteiger partial charge in [0.2, 0.25) is 5.95 Å². The Morgan fingerprint density at radius 2 is 1.75 bits per heavy atom. The molecule has 1 aromatic carbocycles. The lowest BCUT2D eigenvalue weighted by Crippen LogP contribution is -2.06. The molecule has 2 aromatic rings. The molecule has 104 valence electrons. The van der Waals surface area contributed by atoms with E-state index in [0.717, 1.165) is 35.5 Å². The average Bonchev–Trinajstić information content (AvgIpc) is 2.43. The number of anilines is 1. The van der Waals surface area contributed by atoms with Gasteiger partial charge in [-0.25, -0.2) is 15.4 Å². The van der Waals surface area contributed by atoms with Gasteiger partial charge in [-0.2, -0.15) is 5.10 Å². The molecule has 0 spiro atoms. The predicted molar refractivity (Wildman–Crippen MR) is 83.0 cm³/mol. The SMILES string of the molecule is CCC/C(=N\Nc1nc(C)cc(C)n1)c1ccccc1. The summed E-state index contributed by atoms with van der Waals surface area (Å²) in [6.45, 7) is 6.05. The minimum atomic E-state index is 0.548. The Labute approximate surface area is 120 Å². The van der Waals surface area contributed by atoms with Crippen LogP contribution in [0.2, 0.25) is 0 Å². The molecule has 20 heavy (non-hydrogen) atoms. The van der Waals surface area contributed by atoms with Gasteiger partial charge in [0.15, 0.2) is 0 Å². The van der Waals surface area contributed by atoms with E-state index >= 15 is 0 Å². The Kier molecular flexibility index (Phi) is 4.82. The van der Waals surface area contributed by atoms with E-state index in [0.29, 0.717) is 5.95 Å². The van der Waals surface area contributed by atoms with E-state index in [1.807, 2.05) is 38.1 Å². The van der Waals surface area contributed by atoms with Gasteiger partial charge in [-0.15, -0.1) is 0 Å². The van der Waals surface area contributed by atoms with Crippen molar-refractivity contribution in [1.29, 1.82) is 0 Å². The van der Waals surface area contributed by atoms with Crippen molar-refractivity contribution in [2.24, 2.45) is 5.10 Å². The van der Waals surface area contributed by atoms with Crippen LogP contribution in [0.4, 0.5) is 5.95 Å². The summed E-state index contributed by atoms with van der Waals surface area (Å²) < 4.78 is 0. The Morgan fingerprint density at radius 1 is 1.10 bits per heavy atom. The van der Waals surface area contributed by atoms with E-state index in [1.165, 1.54) is 0 Å². The molecule has 0 aliphatic carbocycles. The molecule has 4 heteroatoms. The minimum absolute atomic E-state index is 0.548. The second kappa shape index (κ2) is 6.80. The Balaban J connectivity index is 2.21. The highest BCUT2D eigenvalue weighted by Gasteiger charge is 2.03. The largest absolute Gasteiger partial charge is 0.245 e. The van der Waals surface area contributed by atoms with Crippen LogP contribution >= 0.6 is 0 Å². The third-order valence-corrected chi connectivity index (χ3v) is 2.87. The smallest absolute Gasteiger partial charge is 0.243 e. The third kappa shape index (κ3) is 3.88. The highest BCUT2D eigenvalue weighted by molar-refractivity contribution is 6.00. The first-order valence-electron chi connectivity index (χ1n) is 6.89. The van der Waals surface area contributed by atoms with E-state index in [-0.39, 0.29) is 0 Å². The molecule has 2 rings (SSSR count). The molecule has 1 aromatic heterocycles. The van der Waals surface area contributed by atoms with E-state index in [2.05, 4.69) is 39.6 Å². The number of rotatable bonds is 5. The molecule has 0 aliphatic rings. The van der Waals surface area contributed by atoms with Gasteiger partial charge in [0.1, 0.15) is 0 Å². The highest BCUT2D eigenvalue weighted by Crippen LogP contribution is 2.08. The van der Waals surface area contributed by atoms with Crippen LogP contribution in [-0.4, -0.2) is 15.7 Å².